The highest BCUT2D eigenvalue weighted by Gasteiger charge is 2.25. The molecule has 0 fully saturated rings. The molecule has 2 atom stereocenters. The number of hydrogen-bond donors (Lipinski definition) is 2. The first kappa shape index (κ1) is 71.5. The maximum absolute atomic E-state index is 12.3. The van der Waals surface area contributed by atoms with Gasteiger partial charge in [-0.15, -0.1) is 0 Å². The highest BCUT2D eigenvalue weighted by molar-refractivity contribution is 5.86. The van der Waals surface area contributed by atoms with Crippen molar-refractivity contribution < 1.29 is 30.8 Å². The van der Waals surface area contributed by atoms with Gasteiger partial charge in [0.2, 0.25) is 0 Å². The molecular weight excluding hydrogens is 857 g/mol. The minimum Gasteiger partial charge on any atom is -0.481 e. The van der Waals surface area contributed by atoms with Gasteiger partial charge in [-0.2, -0.15) is 0 Å². The summed E-state index contributed by atoms with van der Waals surface area (Å²) in [6.45, 7) is 15.8. The van der Waals surface area contributed by atoms with Crippen molar-refractivity contribution in [1.82, 2.24) is 9.80 Å². The van der Waals surface area contributed by atoms with Crippen LogP contribution in [0.15, 0.2) is 0 Å². The molecule has 0 aromatic heterocycles. The largest absolute Gasteiger partial charge is 0.481 e. The van der Waals surface area contributed by atoms with Crippen molar-refractivity contribution in [2.75, 3.05) is 26.2 Å². The number of carbonyl (C=O) groups excluding carboxylic acids is 2. The van der Waals surface area contributed by atoms with Crippen molar-refractivity contribution in [1.29, 1.82) is 0 Å². The van der Waals surface area contributed by atoms with Gasteiger partial charge in [0.1, 0.15) is 11.6 Å². The van der Waals surface area contributed by atoms with Crippen LogP contribution in [0.25, 0.3) is 0 Å². The van der Waals surface area contributed by atoms with Crippen molar-refractivity contribution >= 4 is 23.5 Å². The molecule has 0 saturated heterocycles. The molecule has 2 N–H and O–H groups in total. The summed E-state index contributed by atoms with van der Waals surface area (Å²) in [5.41, 5.74) is 0. The second kappa shape index (κ2) is 58.8. The minimum atomic E-state index is -0.869. The van der Waals surface area contributed by atoms with Gasteiger partial charge in [0.25, 0.3) is 0 Å². The summed E-state index contributed by atoms with van der Waals surface area (Å²) in [6.07, 6.45) is 52.4. The number of nitrogens with zero attached hydrogens (tertiary/aromatic N) is 2. The summed E-state index contributed by atoms with van der Waals surface area (Å²) in [6, 6.07) is -0.687. The molecular formula is C61H124N2O6. The average Bonchev–Trinajstić information content (AvgIpc) is 3.32. The molecule has 0 aliphatic carbocycles. The highest BCUT2D eigenvalue weighted by atomic mass is 16.4. The maximum atomic E-state index is 12.3. The Balaban J connectivity index is -0.000000593. The van der Waals surface area contributed by atoms with Crippen LogP contribution < -0.4 is 0 Å². The third kappa shape index (κ3) is 53.8. The highest BCUT2D eigenvalue weighted by Crippen LogP contribution is 2.18. The van der Waals surface area contributed by atoms with E-state index in [1.54, 1.807) is 13.8 Å². The van der Waals surface area contributed by atoms with Crippen LogP contribution in [-0.4, -0.2) is 81.8 Å². The number of rotatable bonds is 53. The zero-order chi connectivity index (χ0) is 51.9. The summed E-state index contributed by atoms with van der Waals surface area (Å²) in [5, 5.41) is 18.4. The van der Waals surface area contributed by atoms with Gasteiger partial charge in [0, 0.05) is 7.79 Å². The molecule has 0 aromatic carbocycles. The Labute approximate surface area is 433 Å². The monoisotopic (exact) mass is 982 g/mol. The molecule has 0 rings (SSSR count). The van der Waals surface area contributed by atoms with Crippen molar-refractivity contribution in [2.24, 2.45) is 0 Å². The number of carboxylic acid groups (broad SMARTS) is 2. The normalized spacial score (nSPS) is 12.1. The standard InChI is InChI=1S/C30H59NO3.C29H57NO3.2CH4/c1-4-6-8-10-12-14-16-18-20-22-26-31(29(28(3)32)24-25-30(33)34)27-23-21-19-17-15-13-11-9-7-5-2;1-4-6-8-10-12-14-16-18-20-22-24-30(28(27(3)31)26-29(32)33)25-23-21-19-17-15-13-11-9-7-5-2;;/h29H,4-27H2,1-3H3,(H,33,34);28H,4-26H2,1-3H3,(H,32,33);2*1H4/i;;1D;. The van der Waals surface area contributed by atoms with Crippen LogP contribution in [0, 0.1) is 0 Å². The fourth-order valence-corrected chi connectivity index (χ4v) is 9.65. The van der Waals surface area contributed by atoms with E-state index in [1.807, 2.05) is 0 Å². The van der Waals surface area contributed by atoms with Crippen molar-refractivity contribution in [3.8, 4) is 0 Å². The Kier molecular flexibility index (Phi) is 60.9. The van der Waals surface area contributed by atoms with Gasteiger partial charge in [-0.05, 0) is 72.1 Å². The molecule has 2 unspecified atom stereocenters. The second-order valence-electron chi connectivity index (χ2n) is 20.6. The number of aliphatic carboxylic acids is 2. The molecule has 0 aromatic rings. The van der Waals surface area contributed by atoms with Gasteiger partial charge in [-0.3, -0.25) is 29.0 Å². The van der Waals surface area contributed by atoms with E-state index in [0.717, 1.165) is 51.9 Å². The van der Waals surface area contributed by atoms with Crippen molar-refractivity contribution in [2.45, 2.75) is 345 Å². The van der Waals surface area contributed by atoms with E-state index < -0.39 is 18.0 Å². The van der Waals surface area contributed by atoms with E-state index in [9.17, 15) is 24.3 Å². The lowest BCUT2D eigenvalue weighted by molar-refractivity contribution is -0.141. The Morgan fingerprint density at radius 2 is 0.551 bits per heavy atom. The number of Topliss-reactive ketones (excluding diaryl/α,β-unsaturated/α-hetero) is 2. The van der Waals surface area contributed by atoms with Crippen LogP contribution >= 0.6 is 0 Å². The summed E-state index contributed by atoms with van der Waals surface area (Å²) in [4.78, 5) is 51.4. The molecule has 0 bridgehead atoms. The Morgan fingerprint density at radius 3 is 0.739 bits per heavy atom. The number of hydrogen-bond acceptors (Lipinski definition) is 6. The summed E-state index contributed by atoms with van der Waals surface area (Å²) in [7, 11) is 1.25. The molecule has 69 heavy (non-hydrogen) atoms. The smallest absolute Gasteiger partial charge is 0.305 e. The van der Waals surface area contributed by atoms with Gasteiger partial charge >= 0.3 is 11.9 Å². The van der Waals surface area contributed by atoms with Crippen LogP contribution in [0.2, 0.25) is 0 Å². The predicted molar refractivity (Wildman–Crippen MR) is 302 cm³/mol. The lowest BCUT2D eigenvalue weighted by Crippen LogP contribution is -2.42. The average molecular weight is 983 g/mol. The summed E-state index contributed by atoms with van der Waals surface area (Å²) in [5.74, 6) is -1.55. The first-order valence-corrected chi connectivity index (χ1v) is 29.5. The molecule has 0 aliphatic heterocycles. The lowest BCUT2D eigenvalue weighted by Gasteiger charge is -2.30. The summed E-state index contributed by atoms with van der Waals surface area (Å²) < 4.78 is 5.75. The SMILES string of the molecule is C.CCCCCCCCCCCCN(CCCCCCCCCCCC)C(CC(=O)O)C(C)=O.CCCCCCCCCCCCN(CCCCCCCCCCCC)C(CCC(=O)O)C(C)=O.[2H]C. The Morgan fingerprint density at radius 1 is 0.348 bits per heavy atom. The van der Waals surface area contributed by atoms with Gasteiger partial charge in [0.05, 0.1) is 18.5 Å². The van der Waals surface area contributed by atoms with E-state index >= 15 is 0 Å². The molecule has 8 nitrogen and oxygen atoms in total. The molecule has 8 heteroatoms. The predicted octanol–water partition coefficient (Wildman–Crippen LogP) is 18.8. The molecule has 0 heterocycles. The van der Waals surface area contributed by atoms with Crippen LogP contribution in [0.5, 0.6) is 0 Å². The maximum Gasteiger partial charge on any atom is 0.305 e. The number of carboxylic acids is 2. The Hall–Kier alpha value is -1.80. The number of ketones is 2. The third-order valence-electron chi connectivity index (χ3n) is 14.0. The Bertz CT molecular complexity index is 1040. The van der Waals surface area contributed by atoms with Crippen molar-refractivity contribution in [3.05, 3.63) is 0 Å². The molecule has 0 aliphatic rings. The van der Waals surface area contributed by atoms with Crippen LogP contribution in [0.4, 0.5) is 0 Å². The van der Waals surface area contributed by atoms with Gasteiger partial charge in [-0.25, -0.2) is 0 Å². The zero-order valence-electron chi connectivity index (χ0n) is 47.8. The lowest BCUT2D eigenvalue weighted by atomic mass is 10.0. The third-order valence-corrected chi connectivity index (χ3v) is 14.0. The second-order valence-corrected chi connectivity index (χ2v) is 20.6. The molecule has 0 spiro atoms. The molecule has 414 valence electrons. The first-order chi connectivity index (χ1) is 33.5. The molecule has 0 radical (unpaired) electrons. The number of carbonyl (C=O) groups is 4. The van der Waals surface area contributed by atoms with Crippen LogP contribution in [0.3, 0.4) is 0 Å². The first-order valence-electron chi connectivity index (χ1n) is 30.5. The fraction of sp³-hybridized carbons (Fsp3) is 0.934. The fourth-order valence-electron chi connectivity index (χ4n) is 9.65. The zero-order valence-corrected chi connectivity index (χ0v) is 46.8. The number of unbranched alkanes of at least 4 members (excludes halogenated alkanes) is 36. The molecule has 0 amide bonds. The van der Waals surface area contributed by atoms with E-state index in [0.29, 0.717) is 6.42 Å². The minimum absolute atomic E-state index is 0. The quantitative estimate of drug-likeness (QED) is 0.0579. The van der Waals surface area contributed by atoms with E-state index in [1.165, 1.54) is 239 Å². The summed E-state index contributed by atoms with van der Waals surface area (Å²) >= 11 is 0. The van der Waals surface area contributed by atoms with Gasteiger partial charge in [0.15, 0.2) is 0 Å². The van der Waals surface area contributed by atoms with E-state index in [-0.39, 0.29) is 37.9 Å². The van der Waals surface area contributed by atoms with Gasteiger partial charge in [-0.1, -0.05) is 274 Å². The van der Waals surface area contributed by atoms with Crippen LogP contribution in [-0.2, 0) is 19.2 Å². The van der Waals surface area contributed by atoms with E-state index in [4.69, 9.17) is 6.48 Å². The van der Waals surface area contributed by atoms with Crippen LogP contribution in [0.1, 0.15) is 334 Å². The van der Waals surface area contributed by atoms with Gasteiger partial charge < -0.3 is 10.2 Å². The molecule has 0 saturated carbocycles. The van der Waals surface area contributed by atoms with Crippen molar-refractivity contribution in [3.63, 3.8) is 0 Å². The topological polar surface area (TPSA) is 115 Å². The van der Waals surface area contributed by atoms with E-state index in [2.05, 4.69) is 37.5 Å².